The maximum absolute atomic E-state index is 13.2. The molecular weight excluding hydrogens is 367 g/mol. The van der Waals surface area contributed by atoms with Crippen LogP contribution in [0.4, 0.5) is 15.8 Å². The van der Waals surface area contributed by atoms with Crippen LogP contribution in [0, 0.1) is 5.82 Å². The smallest absolute Gasteiger partial charge is 0.247 e. The molecule has 2 aromatic carbocycles. The zero-order valence-corrected chi connectivity index (χ0v) is 16.6. The van der Waals surface area contributed by atoms with Gasteiger partial charge in [-0.05, 0) is 61.7 Å². The minimum absolute atomic E-state index is 0.233. The summed E-state index contributed by atoms with van der Waals surface area (Å²) in [4.78, 5) is 12.6. The SMILES string of the molecule is CCCCc1ccc(NC(=O)[C@@H](C)N(c2ccc(F)cc2)S(C)(=O)=O)cc1. The fourth-order valence-electron chi connectivity index (χ4n) is 2.78. The number of nitrogens with zero attached hydrogens (tertiary/aromatic N) is 1. The van der Waals surface area contributed by atoms with Gasteiger partial charge in [0.25, 0.3) is 0 Å². The first-order valence-electron chi connectivity index (χ1n) is 8.87. The van der Waals surface area contributed by atoms with Crippen molar-refractivity contribution in [1.29, 1.82) is 0 Å². The second kappa shape index (κ2) is 8.99. The average Bonchev–Trinajstić information content (AvgIpc) is 2.61. The summed E-state index contributed by atoms with van der Waals surface area (Å²) in [5.41, 5.74) is 2.02. The van der Waals surface area contributed by atoms with Crippen molar-refractivity contribution in [3.8, 4) is 0 Å². The summed E-state index contributed by atoms with van der Waals surface area (Å²) in [6, 6.07) is 11.5. The van der Waals surface area contributed by atoms with Gasteiger partial charge in [0.05, 0.1) is 11.9 Å². The van der Waals surface area contributed by atoms with Gasteiger partial charge in [-0.1, -0.05) is 25.5 Å². The molecule has 0 radical (unpaired) electrons. The summed E-state index contributed by atoms with van der Waals surface area (Å²) in [5, 5.41) is 2.74. The molecule has 1 N–H and O–H groups in total. The number of nitrogens with one attached hydrogen (secondary N) is 1. The lowest BCUT2D eigenvalue weighted by Crippen LogP contribution is -2.45. The highest BCUT2D eigenvalue weighted by Gasteiger charge is 2.29. The summed E-state index contributed by atoms with van der Waals surface area (Å²) >= 11 is 0. The number of amides is 1. The third kappa shape index (κ3) is 5.79. The van der Waals surface area contributed by atoms with E-state index < -0.39 is 27.8 Å². The van der Waals surface area contributed by atoms with Crippen molar-refractivity contribution in [2.24, 2.45) is 0 Å². The van der Waals surface area contributed by atoms with E-state index in [1.807, 2.05) is 12.1 Å². The predicted octanol–water partition coefficient (Wildman–Crippen LogP) is 3.96. The van der Waals surface area contributed by atoms with Gasteiger partial charge in [0.2, 0.25) is 15.9 Å². The molecule has 0 aromatic heterocycles. The Hall–Kier alpha value is -2.41. The molecule has 7 heteroatoms. The van der Waals surface area contributed by atoms with Crippen LogP contribution in [-0.2, 0) is 21.2 Å². The van der Waals surface area contributed by atoms with Crippen LogP contribution in [-0.4, -0.2) is 26.6 Å². The largest absolute Gasteiger partial charge is 0.324 e. The number of halogens is 1. The van der Waals surface area contributed by atoms with Crippen molar-refractivity contribution in [3.05, 3.63) is 59.9 Å². The molecule has 0 saturated carbocycles. The standard InChI is InChI=1S/C20H25FN2O3S/c1-4-5-6-16-7-11-18(12-8-16)22-20(24)15(2)23(27(3,25)26)19-13-9-17(21)10-14-19/h7-15H,4-6H2,1-3H3,(H,22,24)/t15-/m1/s1. The Morgan fingerprint density at radius 1 is 1.11 bits per heavy atom. The summed E-state index contributed by atoms with van der Waals surface area (Å²) in [7, 11) is -3.73. The molecule has 0 aliphatic rings. The number of sulfonamides is 1. The maximum Gasteiger partial charge on any atom is 0.247 e. The molecule has 0 aliphatic carbocycles. The van der Waals surface area contributed by atoms with Crippen LogP contribution in [0.1, 0.15) is 32.3 Å². The Bertz CT molecular complexity index is 865. The van der Waals surface area contributed by atoms with Crippen molar-refractivity contribution in [2.75, 3.05) is 15.9 Å². The lowest BCUT2D eigenvalue weighted by Gasteiger charge is -2.28. The minimum atomic E-state index is -3.73. The second-order valence-electron chi connectivity index (χ2n) is 6.50. The van der Waals surface area contributed by atoms with Gasteiger partial charge in [0.15, 0.2) is 0 Å². The Morgan fingerprint density at radius 2 is 1.70 bits per heavy atom. The van der Waals surface area contributed by atoms with Gasteiger partial charge in [-0.3, -0.25) is 9.10 Å². The molecule has 1 amide bonds. The van der Waals surface area contributed by atoms with Crippen LogP contribution in [0.3, 0.4) is 0 Å². The van der Waals surface area contributed by atoms with Gasteiger partial charge in [0.1, 0.15) is 11.9 Å². The first kappa shape index (κ1) is 20.9. The molecule has 0 bridgehead atoms. The van der Waals surface area contributed by atoms with E-state index >= 15 is 0 Å². The minimum Gasteiger partial charge on any atom is -0.324 e. The Kier molecular flexibility index (Phi) is 6.96. The molecule has 0 aliphatic heterocycles. The van der Waals surface area contributed by atoms with Crippen molar-refractivity contribution >= 4 is 27.3 Å². The number of rotatable bonds is 8. The molecule has 2 rings (SSSR count). The summed E-state index contributed by atoms with van der Waals surface area (Å²) < 4.78 is 38.6. The van der Waals surface area contributed by atoms with Gasteiger partial charge in [-0.2, -0.15) is 0 Å². The molecule has 0 unspecified atom stereocenters. The first-order valence-corrected chi connectivity index (χ1v) is 10.7. The summed E-state index contributed by atoms with van der Waals surface area (Å²) in [6.45, 7) is 3.62. The molecule has 1 atom stereocenters. The zero-order valence-electron chi connectivity index (χ0n) is 15.8. The number of benzene rings is 2. The van der Waals surface area contributed by atoms with Gasteiger partial charge >= 0.3 is 0 Å². The molecule has 27 heavy (non-hydrogen) atoms. The fraction of sp³-hybridized carbons (Fsp3) is 0.350. The van der Waals surface area contributed by atoms with Crippen LogP contribution in [0.2, 0.25) is 0 Å². The summed E-state index contributed by atoms with van der Waals surface area (Å²) in [6.07, 6.45) is 4.21. The highest BCUT2D eigenvalue weighted by atomic mass is 32.2. The van der Waals surface area contributed by atoms with Gasteiger partial charge in [0, 0.05) is 5.69 Å². The molecule has 0 fully saturated rings. The van der Waals surface area contributed by atoms with Crippen LogP contribution in [0.25, 0.3) is 0 Å². The number of aryl methyl sites for hydroxylation is 1. The molecular formula is C20H25FN2O3S. The third-order valence-electron chi connectivity index (χ3n) is 4.21. The maximum atomic E-state index is 13.2. The predicted molar refractivity (Wildman–Crippen MR) is 107 cm³/mol. The number of unbranched alkanes of at least 4 members (excludes halogenated alkanes) is 1. The first-order chi connectivity index (χ1) is 12.7. The van der Waals surface area contributed by atoms with E-state index in [4.69, 9.17) is 0 Å². The molecule has 146 valence electrons. The van der Waals surface area contributed by atoms with E-state index in [1.54, 1.807) is 12.1 Å². The van der Waals surface area contributed by atoms with E-state index in [2.05, 4.69) is 12.2 Å². The number of hydrogen-bond acceptors (Lipinski definition) is 3. The second-order valence-corrected chi connectivity index (χ2v) is 8.36. The normalized spacial score (nSPS) is 12.4. The quantitative estimate of drug-likeness (QED) is 0.739. The molecule has 0 heterocycles. The Balaban J connectivity index is 2.16. The fourth-order valence-corrected chi connectivity index (χ4v) is 3.95. The molecule has 5 nitrogen and oxygen atoms in total. The Morgan fingerprint density at radius 3 is 2.22 bits per heavy atom. The topological polar surface area (TPSA) is 66.5 Å². The lowest BCUT2D eigenvalue weighted by atomic mass is 10.1. The van der Waals surface area contributed by atoms with E-state index in [9.17, 15) is 17.6 Å². The van der Waals surface area contributed by atoms with E-state index in [0.29, 0.717) is 5.69 Å². The van der Waals surface area contributed by atoms with Gasteiger partial charge < -0.3 is 5.32 Å². The van der Waals surface area contributed by atoms with Crippen molar-refractivity contribution < 1.29 is 17.6 Å². The van der Waals surface area contributed by atoms with E-state index in [-0.39, 0.29) is 5.69 Å². The highest BCUT2D eigenvalue weighted by Crippen LogP contribution is 2.22. The van der Waals surface area contributed by atoms with Crippen molar-refractivity contribution in [3.63, 3.8) is 0 Å². The van der Waals surface area contributed by atoms with Crippen molar-refractivity contribution in [2.45, 2.75) is 39.2 Å². The average molecular weight is 392 g/mol. The zero-order chi connectivity index (χ0) is 20.0. The highest BCUT2D eigenvalue weighted by molar-refractivity contribution is 7.92. The van der Waals surface area contributed by atoms with Crippen LogP contribution in [0.5, 0.6) is 0 Å². The number of anilines is 2. The number of carbonyl (C=O) groups excluding carboxylic acids is 1. The molecule has 0 spiro atoms. The monoisotopic (exact) mass is 392 g/mol. The van der Waals surface area contributed by atoms with Gasteiger partial charge in [-0.25, -0.2) is 12.8 Å². The number of hydrogen-bond donors (Lipinski definition) is 1. The summed E-state index contributed by atoms with van der Waals surface area (Å²) in [5.74, 6) is -0.946. The van der Waals surface area contributed by atoms with E-state index in [0.717, 1.165) is 42.0 Å². The Labute approximate surface area is 160 Å². The third-order valence-corrected chi connectivity index (χ3v) is 5.45. The number of carbonyl (C=O) groups is 1. The van der Waals surface area contributed by atoms with Crippen LogP contribution in [0.15, 0.2) is 48.5 Å². The van der Waals surface area contributed by atoms with Crippen LogP contribution >= 0.6 is 0 Å². The van der Waals surface area contributed by atoms with Crippen molar-refractivity contribution in [1.82, 2.24) is 0 Å². The molecule has 0 saturated heterocycles. The lowest BCUT2D eigenvalue weighted by molar-refractivity contribution is -0.116. The van der Waals surface area contributed by atoms with Crippen LogP contribution < -0.4 is 9.62 Å². The van der Waals surface area contributed by atoms with E-state index in [1.165, 1.54) is 24.6 Å². The van der Waals surface area contributed by atoms with Gasteiger partial charge in [-0.15, -0.1) is 0 Å². The molecule has 2 aromatic rings.